The molecule has 148 valence electrons. The minimum absolute atomic E-state index is 0.00470. The highest BCUT2D eigenvalue weighted by atomic mass is 16.2. The molecule has 0 radical (unpaired) electrons. The van der Waals surface area contributed by atoms with Gasteiger partial charge >= 0.3 is 0 Å². The zero-order chi connectivity index (χ0) is 20.3. The number of rotatable bonds is 9. The number of benzene rings is 3. The number of hydrogen-bond acceptors (Lipinski definition) is 2. The van der Waals surface area contributed by atoms with Gasteiger partial charge in [0.15, 0.2) is 0 Å². The monoisotopic (exact) mass is 386 g/mol. The molecule has 0 aliphatic heterocycles. The highest BCUT2D eigenvalue weighted by molar-refractivity contribution is 5.79. The maximum atomic E-state index is 12.5. The van der Waals surface area contributed by atoms with Crippen LogP contribution in [0.4, 0.5) is 0 Å². The zero-order valence-electron chi connectivity index (χ0n) is 16.4. The summed E-state index contributed by atoms with van der Waals surface area (Å²) in [6.45, 7) is 0.828. The van der Waals surface area contributed by atoms with E-state index in [1.54, 1.807) is 0 Å². The van der Waals surface area contributed by atoms with Gasteiger partial charge in [0.05, 0.1) is 6.42 Å². The third-order valence-corrected chi connectivity index (χ3v) is 4.77. The third kappa shape index (κ3) is 6.61. The van der Waals surface area contributed by atoms with Crippen LogP contribution in [0.25, 0.3) is 0 Å². The first-order valence-corrected chi connectivity index (χ1v) is 9.89. The topological polar surface area (TPSA) is 58.2 Å². The fraction of sp³-hybridized carbons (Fsp3) is 0.200. The average molecular weight is 386 g/mol. The third-order valence-electron chi connectivity index (χ3n) is 4.77. The molecule has 0 atom stereocenters. The van der Waals surface area contributed by atoms with Crippen molar-refractivity contribution in [2.24, 2.45) is 0 Å². The quantitative estimate of drug-likeness (QED) is 0.551. The molecule has 0 aliphatic carbocycles. The number of hydrogen-bond donors (Lipinski definition) is 2. The molecule has 0 spiro atoms. The van der Waals surface area contributed by atoms with Gasteiger partial charge in [-0.05, 0) is 16.7 Å². The fourth-order valence-electron chi connectivity index (χ4n) is 3.30. The van der Waals surface area contributed by atoms with E-state index in [4.69, 9.17) is 0 Å². The van der Waals surface area contributed by atoms with Crippen molar-refractivity contribution in [2.45, 2.75) is 18.8 Å². The molecule has 0 bridgehead atoms. The van der Waals surface area contributed by atoms with E-state index in [0.717, 1.165) is 16.7 Å². The second kappa shape index (κ2) is 10.8. The maximum Gasteiger partial charge on any atom is 0.224 e. The van der Waals surface area contributed by atoms with E-state index in [-0.39, 0.29) is 17.7 Å². The summed E-state index contributed by atoms with van der Waals surface area (Å²) in [5.74, 6) is -0.0676. The van der Waals surface area contributed by atoms with Crippen molar-refractivity contribution in [1.82, 2.24) is 10.6 Å². The summed E-state index contributed by atoms with van der Waals surface area (Å²) >= 11 is 0. The minimum atomic E-state index is -0.0445. The van der Waals surface area contributed by atoms with Gasteiger partial charge in [-0.2, -0.15) is 0 Å². The Morgan fingerprint density at radius 1 is 0.621 bits per heavy atom. The molecule has 0 unspecified atom stereocenters. The molecule has 3 aromatic rings. The summed E-state index contributed by atoms with van der Waals surface area (Å²) in [6.07, 6.45) is 0.713. The van der Waals surface area contributed by atoms with Crippen molar-refractivity contribution in [2.75, 3.05) is 13.1 Å². The second-order valence-electron chi connectivity index (χ2n) is 6.94. The van der Waals surface area contributed by atoms with Gasteiger partial charge in [-0.15, -0.1) is 0 Å². The van der Waals surface area contributed by atoms with Crippen LogP contribution in [-0.2, 0) is 16.0 Å². The Labute approximate surface area is 172 Å². The van der Waals surface area contributed by atoms with Gasteiger partial charge < -0.3 is 10.6 Å². The van der Waals surface area contributed by atoms with E-state index in [9.17, 15) is 9.59 Å². The molecule has 3 aromatic carbocycles. The molecular formula is C25H26N2O2. The molecule has 4 nitrogen and oxygen atoms in total. The number of carbonyl (C=O) groups is 2. The van der Waals surface area contributed by atoms with Crippen LogP contribution in [0.5, 0.6) is 0 Å². The molecule has 4 heteroatoms. The molecule has 0 aliphatic rings. The van der Waals surface area contributed by atoms with Crippen molar-refractivity contribution >= 4 is 11.8 Å². The Kier molecular flexibility index (Phi) is 7.58. The van der Waals surface area contributed by atoms with Gasteiger partial charge in [-0.1, -0.05) is 91.0 Å². The summed E-state index contributed by atoms with van der Waals surface area (Å²) in [6, 6.07) is 29.7. The Hall–Kier alpha value is -3.40. The molecule has 0 aromatic heterocycles. The van der Waals surface area contributed by atoms with E-state index >= 15 is 0 Å². The van der Waals surface area contributed by atoms with E-state index < -0.39 is 0 Å². The fourth-order valence-corrected chi connectivity index (χ4v) is 3.30. The van der Waals surface area contributed by atoms with Crippen molar-refractivity contribution < 1.29 is 9.59 Å². The Morgan fingerprint density at radius 3 is 1.59 bits per heavy atom. The minimum Gasteiger partial charge on any atom is -0.354 e. The van der Waals surface area contributed by atoms with Crippen LogP contribution in [0.1, 0.15) is 29.0 Å². The van der Waals surface area contributed by atoms with E-state index in [1.807, 2.05) is 66.7 Å². The van der Waals surface area contributed by atoms with Gasteiger partial charge in [0.1, 0.15) is 0 Å². The Balaban J connectivity index is 1.47. The predicted molar refractivity (Wildman–Crippen MR) is 116 cm³/mol. The average Bonchev–Trinajstić information content (AvgIpc) is 2.77. The van der Waals surface area contributed by atoms with Crippen LogP contribution in [0.3, 0.4) is 0 Å². The predicted octanol–water partition coefficient (Wildman–Crippen LogP) is 3.68. The molecule has 0 heterocycles. The number of amides is 2. The molecular weight excluding hydrogens is 360 g/mol. The molecule has 0 fully saturated rings. The maximum absolute atomic E-state index is 12.5. The van der Waals surface area contributed by atoms with E-state index in [2.05, 4.69) is 34.9 Å². The van der Waals surface area contributed by atoms with E-state index in [1.165, 1.54) is 0 Å². The molecule has 2 N–H and O–H groups in total. The van der Waals surface area contributed by atoms with Crippen molar-refractivity contribution in [3.63, 3.8) is 0 Å². The SMILES string of the molecule is O=C(Cc1ccccc1)NCCNC(=O)CC(c1ccccc1)c1ccccc1. The lowest BCUT2D eigenvalue weighted by molar-refractivity contribution is -0.122. The molecule has 0 saturated heterocycles. The zero-order valence-corrected chi connectivity index (χ0v) is 16.4. The highest BCUT2D eigenvalue weighted by Crippen LogP contribution is 2.27. The van der Waals surface area contributed by atoms with Crippen LogP contribution < -0.4 is 10.6 Å². The van der Waals surface area contributed by atoms with Crippen LogP contribution >= 0.6 is 0 Å². The lowest BCUT2D eigenvalue weighted by atomic mass is 9.88. The lowest BCUT2D eigenvalue weighted by Crippen LogP contribution is -2.35. The largest absolute Gasteiger partial charge is 0.354 e. The first kappa shape index (κ1) is 20.3. The van der Waals surface area contributed by atoms with Gasteiger partial charge in [-0.25, -0.2) is 0 Å². The Bertz CT molecular complexity index is 856. The summed E-state index contributed by atoms with van der Waals surface area (Å²) in [4.78, 5) is 24.5. The molecule has 29 heavy (non-hydrogen) atoms. The normalized spacial score (nSPS) is 10.5. The van der Waals surface area contributed by atoms with Crippen molar-refractivity contribution in [1.29, 1.82) is 0 Å². The number of nitrogens with one attached hydrogen (secondary N) is 2. The van der Waals surface area contributed by atoms with Crippen LogP contribution in [0.2, 0.25) is 0 Å². The van der Waals surface area contributed by atoms with Gasteiger partial charge in [0.25, 0.3) is 0 Å². The van der Waals surface area contributed by atoms with Crippen LogP contribution in [0, 0.1) is 0 Å². The standard InChI is InChI=1S/C25H26N2O2/c28-24(18-20-10-4-1-5-11-20)26-16-17-27-25(29)19-23(21-12-6-2-7-13-21)22-14-8-3-9-15-22/h1-15,23H,16-19H2,(H,26,28)(H,27,29). The number of carbonyl (C=O) groups excluding carboxylic acids is 2. The van der Waals surface area contributed by atoms with E-state index in [0.29, 0.717) is 25.9 Å². The molecule has 2 amide bonds. The van der Waals surface area contributed by atoms with Crippen molar-refractivity contribution in [3.05, 3.63) is 108 Å². The summed E-state index contributed by atoms with van der Waals surface area (Å²) < 4.78 is 0. The first-order chi connectivity index (χ1) is 14.2. The van der Waals surface area contributed by atoms with Gasteiger partial charge in [0.2, 0.25) is 11.8 Å². The smallest absolute Gasteiger partial charge is 0.224 e. The summed E-state index contributed by atoms with van der Waals surface area (Å²) in [5.41, 5.74) is 3.21. The molecule has 3 rings (SSSR count). The van der Waals surface area contributed by atoms with Crippen molar-refractivity contribution in [3.8, 4) is 0 Å². The highest BCUT2D eigenvalue weighted by Gasteiger charge is 2.17. The van der Waals surface area contributed by atoms with Crippen LogP contribution in [0.15, 0.2) is 91.0 Å². The Morgan fingerprint density at radius 2 is 1.07 bits per heavy atom. The summed E-state index contributed by atoms with van der Waals surface area (Å²) in [5, 5.41) is 5.77. The summed E-state index contributed by atoms with van der Waals surface area (Å²) in [7, 11) is 0. The van der Waals surface area contributed by atoms with Crippen LogP contribution in [-0.4, -0.2) is 24.9 Å². The first-order valence-electron chi connectivity index (χ1n) is 9.89. The molecule has 0 saturated carbocycles. The van der Waals surface area contributed by atoms with Gasteiger partial charge in [-0.3, -0.25) is 9.59 Å². The lowest BCUT2D eigenvalue weighted by Gasteiger charge is -2.18. The second-order valence-corrected chi connectivity index (χ2v) is 6.94. The van der Waals surface area contributed by atoms with Gasteiger partial charge in [0, 0.05) is 25.4 Å².